The highest BCUT2D eigenvalue weighted by molar-refractivity contribution is 7.31. The third kappa shape index (κ3) is 10.2. The Balaban J connectivity index is 0.000000389. The Labute approximate surface area is 237 Å². The fourth-order valence-corrected chi connectivity index (χ4v) is 4.46. The Morgan fingerprint density at radius 1 is 0.975 bits per heavy atom. The number of halogens is 1. The number of amides is 1. The Morgan fingerprint density at radius 2 is 1.52 bits per heavy atom. The minimum atomic E-state index is -0.524. The van der Waals surface area contributed by atoms with E-state index in [4.69, 9.17) is 10.8 Å². The number of allylic oxidation sites excluding steroid dienone is 1. The topological polar surface area (TPSA) is 115 Å². The largest absolute Gasteiger partial charge is 0.460 e. The second-order valence-electron chi connectivity index (χ2n) is 9.09. The minimum Gasteiger partial charge on any atom is -0.460 e. The fourth-order valence-electron chi connectivity index (χ4n) is 3.90. The van der Waals surface area contributed by atoms with E-state index in [0.29, 0.717) is 24.2 Å². The lowest BCUT2D eigenvalue weighted by molar-refractivity contribution is -0.133. The molecule has 3 rings (SSSR count). The lowest BCUT2D eigenvalue weighted by Crippen LogP contribution is -2.28. The molecule has 0 radical (unpaired) electrons. The zero-order valence-corrected chi connectivity index (χ0v) is 24.3. The van der Waals surface area contributed by atoms with Gasteiger partial charge in [0.05, 0.1) is 11.4 Å². The molecule has 2 atom stereocenters. The number of benzene rings is 3. The van der Waals surface area contributed by atoms with Crippen LogP contribution in [0.4, 0.5) is 4.39 Å². The maximum Gasteiger partial charge on any atom is 0.293 e. The molecule has 0 aliphatic rings. The van der Waals surface area contributed by atoms with Crippen molar-refractivity contribution in [2.24, 2.45) is 0 Å². The SMILES string of the molecule is CC(OC=O)c1ccccc1F.CN/C(C(C)=N)=C(/P)c1ccc(Cc2ccc(CC(=N)NC(C)=O)cc2)cc1. The van der Waals surface area contributed by atoms with Crippen LogP contribution in [-0.2, 0) is 27.2 Å². The van der Waals surface area contributed by atoms with Crippen molar-refractivity contribution in [2.45, 2.75) is 39.7 Å². The van der Waals surface area contributed by atoms with Crippen molar-refractivity contribution in [1.29, 1.82) is 10.8 Å². The van der Waals surface area contributed by atoms with Crippen LogP contribution in [0.5, 0.6) is 0 Å². The Hall–Kier alpha value is -4.16. The van der Waals surface area contributed by atoms with Crippen LogP contribution in [-0.4, -0.2) is 31.0 Å². The van der Waals surface area contributed by atoms with Crippen LogP contribution in [0.2, 0.25) is 0 Å². The molecule has 0 fully saturated rings. The summed E-state index contributed by atoms with van der Waals surface area (Å²) >= 11 is 0. The van der Waals surface area contributed by atoms with Gasteiger partial charge in [-0.1, -0.05) is 66.7 Å². The molecule has 0 saturated carbocycles. The van der Waals surface area contributed by atoms with Gasteiger partial charge in [-0.25, -0.2) is 4.39 Å². The van der Waals surface area contributed by atoms with Gasteiger partial charge < -0.3 is 20.8 Å². The molecule has 40 heavy (non-hydrogen) atoms. The summed E-state index contributed by atoms with van der Waals surface area (Å²) in [6.45, 7) is 5.11. The zero-order valence-electron chi connectivity index (χ0n) is 23.2. The summed E-state index contributed by atoms with van der Waals surface area (Å²) in [4.78, 5) is 20.9. The Kier molecular flexibility index (Phi) is 12.9. The van der Waals surface area contributed by atoms with E-state index in [1.54, 1.807) is 32.0 Å². The lowest BCUT2D eigenvalue weighted by Gasteiger charge is -2.11. The third-order valence-corrected chi connectivity index (χ3v) is 6.52. The molecule has 0 saturated heterocycles. The maximum absolute atomic E-state index is 13.0. The van der Waals surface area contributed by atoms with Crippen LogP contribution in [0.25, 0.3) is 5.31 Å². The van der Waals surface area contributed by atoms with E-state index in [9.17, 15) is 14.0 Å². The summed E-state index contributed by atoms with van der Waals surface area (Å²) < 4.78 is 17.6. The molecule has 3 aromatic carbocycles. The molecule has 4 N–H and O–H groups in total. The van der Waals surface area contributed by atoms with E-state index in [1.165, 1.54) is 24.1 Å². The van der Waals surface area contributed by atoms with Gasteiger partial charge >= 0.3 is 0 Å². The molecule has 210 valence electrons. The average Bonchev–Trinajstić information content (AvgIpc) is 2.90. The Bertz CT molecular complexity index is 1360. The van der Waals surface area contributed by atoms with Gasteiger partial charge in [-0.05, 0) is 48.6 Å². The average molecular weight is 563 g/mol. The van der Waals surface area contributed by atoms with Crippen LogP contribution in [0.1, 0.15) is 54.7 Å². The summed E-state index contributed by atoms with van der Waals surface area (Å²) in [5.74, 6) is -0.365. The van der Waals surface area contributed by atoms with Crippen LogP contribution in [0.3, 0.4) is 0 Å². The van der Waals surface area contributed by atoms with E-state index < -0.39 is 6.10 Å². The molecule has 0 bridgehead atoms. The first-order valence-electron chi connectivity index (χ1n) is 12.6. The molecule has 2 unspecified atom stereocenters. The number of hydrogen-bond acceptors (Lipinski definition) is 6. The number of hydrogen-bond donors (Lipinski definition) is 4. The number of carbonyl (C=O) groups is 2. The van der Waals surface area contributed by atoms with E-state index >= 15 is 0 Å². The molecular weight excluding hydrogens is 526 g/mol. The highest BCUT2D eigenvalue weighted by Crippen LogP contribution is 2.26. The molecule has 9 heteroatoms. The Morgan fingerprint density at radius 3 is 2.02 bits per heavy atom. The monoisotopic (exact) mass is 562 g/mol. The van der Waals surface area contributed by atoms with E-state index in [2.05, 4.69) is 61.0 Å². The summed E-state index contributed by atoms with van der Waals surface area (Å²) in [5, 5.41) is 22.2. The van der Waals surface area contributed by atoms with Gasteiger partial charge in [0.25, 0.3) is 6.47 Å². The summed E-state index contributed by atoms with van der Waals surface area (Å²) in [5.41, 5.74) is 6.17. The normalized spacial score (nSPS) is 11.7. The molecular formula is C31H36FN4O3P. The summed E-state index contributed by atoms with van der Waals surface area (Å²) in [6, 6.07) is 22.7. The number of nitrogens with one attached hydrogen (secondary N) is 4. The van der Waals surface area contributed by atoms with Crippen LogP contribution < -0.4 is 10.6 Å². The molecule has 0 heterocycles. The van der Waals surface area contributed by atoms with E-state index in [-0.39, 0.29) is 17.6 Å². The zero-order chi connectivity index (χ0) is 29.7. The van der Waals surface area contributed by atoms with Gasteiger partial charge in [0.2, 0.25) is 5.91 Å². The predicted molar refractivity (Wildman–Crippen MR) is 162 cm³/mol. The highest BCUT2D eigenvalue weighted by atomic mass is 31.0. The van der Waals surface area contributed by atoms with Gasteiger partial charge in [-0.15, -0.1) is 9.24 Å². The number of amidine groups is 1. The van der Waals surface area contributed by atoms with Crippen molar-refractivity contribution < 1.29 is 18.7 Å². The van der Waals surface area contributed by atoms with Crippen molar-refractivity contribution in [3.8, 4) is 0 Å². The van der Waals surface area contributed by atoms with Crippen LogP contribution >= 0.6 is 9.24 Å². The van der Waals surface area contributed by atoms with Gasteiger partial charge in [0, 0.05) is 31.3 Å². The molecule has 0 aliphatic carbocycles. The number of ether oxygens (including phenoxy) is 1. The highest BCUT2D eigenvalue weighted by Gasteiger charge is 2.10. The van der Waals surface area contributed by atoms with Crippen LogP contribution in [0, 0.1) is 16.6 Å². The first-order chi connectivity index (χ1) is 19.0. The van der Waals surface area contributed by atoms with Crippen molar-refractivity contribution >= 4 is 38.5 Å². The van der Waals surface area contributed by atoms with Crippen molar-refractivity contribution in [1.82, 2.24) is 10.6 Å². The third-order valence-electron chi connectivity index (χ3n) is 5.90. The van der Waals surface area contributed by atoms with Crippen molar-refractivity contribution in [3.63, 3.8) is 0 Å². The van der Waals surface area contributed by atoms with Gasteiger partial charge in [-0.3, -0.25) is 15.0 Å². The van der Waals surface area contributed by atoms with Gasteiger partial charge in [0.15, 0.2) is 0 Å². The molecule has 3 aromatic rings. The molecule has 1 amide bonds. The fraction of sp³-hybridized carbons (Fsp3) is 0.226. The standard InChI is InChI=1S/C22H27N4OP.C9H9FO2/c1-14(23)21(25-3)22(28)19-10-8-17(9-11-19)12-16-4-6-18(7-5-16)13-20(24)26-15(2)27;1-7(12-6-11)8-4-2-3-5-9(8)10/h4-11,23,25H,12-13,28H2,1-3H3,(H2,24,26,27);2-7H,1H3/b22-21+,23-14?;. The second kappa shape index (κ2) is 16.1. The first kappa shape index (κ1) is 32.1. The number of carbonyl (C=O) groups excluding carboxylic acids is 2. The van der Waals surface area contributed by atoms with E-state index in [0.717, 1.165) is 28.6 Å². The quantitative estimate of drug-likeness (QED) is 0.108. The van der Waals surface area contributed by atoms with Crippen LogP contribution in [0.15, 0.2) is 78.5 Å². The summed E-state index contributed by atoms with van der Waals surface area (Å²) in [6.07, 6.45) is 0.712. The van der Waals surface area contributed by atoms with Crippen molar-refractivity contribution in [2.75, 3.05) is 7.05 Å². The number of rotatable bonds is 10. The predicted octanol–water partition coefficient (Wildman–Crippen LogP) is 5.80. The molecule has 7 nitrogen and oxygen atoms in total. The maximum atomic E-state index is 13.0. The van der Waals surface area contributed by atoms with Gasteiger partial charge in [0.1, 0.15) is 17.8 Å². The van der Waals surface area contributed by atoms with E-state index in [1.807, 2.05) is 19.2 Å². The minimum absolute atomic E-state index is 0.207. The van der Waals surface area contributed by atoms with Crippen molar-refractivity contribution in [3.05, 3.63) is 112 Å². The molecule has 0 aliphatic heterocycles. The molecule has 0 aromatic heterocycles. The van der Waals surface area contributed by atoms with Gasteiger partial charge in [-0.2, -0.15) is 0 Å². The first-order valence-corrected chi connectivity index (χ1v) is 13.2. The molecule has 0 spiro atoms. The lowest BCUT2D eigenvalue weighted by atomic mass is 10.0. The second-order valence-corrected chi connectivity index (χ2v) is 9.66. The summed E-state index contributed by atoms with van der Waals surface area (Å²) in [7, 11) is 4.54. The smallest absolute Gasteiger partial charge is 0.293 e.